The highest BCUT2D eigenvalue weighted by molar-refractivity contribution is 9.10. The number of hydrogen-bond donors (Lipinski definition) is 0. The maximum atomic E-state index is 13.4. The topological polar surface area (TPSA) is 17.1 Å². The van der Waals surface area contributed by atoms with E-state index in [1.807, 2.05) is 6.92 Å². The van der Waals surface area contributed by atoms with Gasteiger partial charge in [-0.15, -0.1) is 0 Å². The van der Waals surface area contributed by atoms with Gasteiger partial charge in [-0.05, 0) is 30.2 Å². The SMILES string of the molecule is CCCC(=O)C(C)c1cc(Br)ccc1F. The van der Waals surface area contributed by atoms with Gasteiger partial charge in [0.15, 0.2) is 0 Å². The molecule has 1 rings (SSSR count). The van der Waals surface area contributed by atoms with E-state index in [9.17, 15) is 9.18 Å². The molecule has 0 aliphatic heterocycles. The van der Waals surface area contributed by atoms with Gasteiger partial charge in [0.25, 0.3) is 0 Å². The van der Waals surface area contributed by atoms with E-state index in [2.05, 4.69) is 15.9 Å². The molecule has 15 heavy (non-hydrogen) atoms. The van der Waals surface area contributed by atoms with Crippen LogP contribution in [0.3, 0.4) is 0 Å². The van der Waals surface area contributed by atoms with Gasteiger partial charge in [0.2, 0.25) is 0 Å². The van der Waals surface area contributed by atoms with Crippen LogP contribution in [0.25, 0.3) is 0 Å². The van der Waals surface area contributed by atoms with Gasteiger partial charge in [0.1, 0.15) is 11.6 Å². The number of rotatable bonds is 4. The first kappa shape index (κ1) is 12.4. The number of Topliss-reactive ketones (excluding diaryl/α,β-unsaturated/α-hetero) is 1. The second kappa shape index (κ2) is 5.40. The first-order chi connectivity index (χ1) is 7.06. The smallest absolute Gasteiger partial charge is 0.140 e. The average Bonchev–Trinajstić information content (AvgIpc) is 2.21. The van der Waals surface area contributed by atoms with Crippen LogP contribution < -0.4 is 0 Å². The molecule has 1 atom stereocenters. The molecule has 0 aromatic heterocycles. The molecule has 1 nitrogen and oxygen atoms in total. The van der Waals surface area contributed by atoms with Crippen molar-refractivity contribution in [3.63, 3.8) is 0 Å². The predicted molar refractivity (Wildman–Crippen MR) is 62.4 cm³/mol. The number of hydrogen-bond acceptors (Lipinski definition) is 1. The summed E-state index contributed by atoms with van der Waals surface area (Å²) in [7, 11) is 0. The van der Waals surface area contributed by atoms with Crippen molar-refractivity contribution in [3.8, 4) is 0 Å². The van der Waals surface area contributed by atoms with Gasteiger partial charge in [-0.2, -0.15) is 0 Å². The monoisotopic (exact) mass is 272 g/mol. The third kappa shape index (κ3) is 3.13. The number of carbonyl (C=O) groups excluding carboxylic acids is 1. The Kier molecular flexibility index (Phi) is 4.45. The summed E-state index contributed by atoms with van der Waals surface area (Å²) < 4.78 is 14.2. The number of carbonyl (C=O) groups is 1. The summed E-state index contributed by atoms with van der Waals surface area (Å²) in [5, 5.41) is 0. The summed E-state index contributed by atoms with van der Waals surface area (Å²) in [6.45, 7) is 3.70. The summed E-state index contributed by atoms with van der Waals surface area (Å²) in [5.74, 6) is -0.577. The first-order valence-electron chi connectivity index (χ1n) is 5.04. The minimum atomic E-state index is -0.359. The molecule has 0 saturated heterocycles. The summed E-state index contributed by atoms with van der Waals surface area (Å²) in [4.78, 5) is 11.6. The highest BCUT2D eigenvalue weighted by atomic mass is 79.9. The van der Waals surface area contributed by atoms with Gasteiger partial charge in [-0.1, -0.05) is 29.8 Å². The zero-order valence-electron chi connectivity index (χ0n) is 8.89. The van der Waals surface area contributed by atoms with Crippen LogP contribution in [-0.4, -0.2) is 5.78 Å². The van der Waals surface area contributed by atoms with Crippen molar-refractivity contribution in [1.29, 1.82) is 0 Å². The third-order valence-electron chi connectivity index (χ3n) is 2.40. The fourth-order valence-corrected chi connectivity index (χ4v) is 1.86. The quantitative estimate of drug-likeness (QED) is 0.808. The fourth-order valence-electron chi connectivity index (χ4n) is 1.48. The second-order valence-electron chi connectivity index (χ2n) is 3.60. The molecule has 0 heterocycles. The lowest BCUT2D eigenvalue weighted by Crippen LogP contribution is -2.10. The minimum Gasteiger partial charge on any atom is -0.299 e. The number of ketones is 1. The predicted octanol–water partition coefficient (Wildman–Crippen LogP) is 4.06. The van der Waals surface area contributed by atoms with E-state index in [-0.39, 0.29) is 17.5 Å². The van der Waals surface area contributed by atoms with Gasteiger partial charge >= 0.3 is 0 Å². The van der Waals surface area contributed by atoms with E-state index in [0.29, 0.717) is 12.0 Å². The van der Waals surface area contributed by atoms with Crippen LogP contribution in [0.5, 0.6) is 0 Å². The minimum absolute atomic E-state index is 0.0921. The highest BCUT2D eigenvalue weighted by Crippen LogP contribution is 2.24. The van der Waals surface area contributed by atoms with Gasteiger partial charge < -0.3 is 0 Å². The van der Waals surface area contributed by atoms with Crippen molar-refractivity contribution in [1.82, 2.24) is 0 Å². The average molecular weight is 273 g/mol. The van der Waals surface area contributed by atoms with Crippen molar-refractivity contribution in [2.24, 2.45) is 0 Å². The molecule has 0 saturated carbocycles. The molecule has 1 aromatic carbocycles. The molecule has 82 valence electrons. The molecule has 0 fully saturated rings. The molecule has 0 aliphatic carbocycles. The van der Waals surface area contributed by atoms with E-state index >= 15 is 0 Å². The van der Waals surface area contributed by atoms with Crippen LogP contribution in [0.15, 0.2) is 22.7 Å². The lowest BCUT2D eigenvalue weighted by molar-refractivity contribution is -0.120. The van der Waals surface area contributed by atoms with E-state index in [4.69, 9.17) is 0 Å². The molecule has 1 aromatic rings. The maximum Gasteiger partial charge on any atom is 0.140 e. The van der Waals surface area contributed by atoms with Gasteiger partial charge in [-0.3, -0.25) is 4.79 Å². The van der Waals surface area contributed by atoms with Crippen LogP contribution in [0.2, 0.25) is 0 Å². The Bertz CT molecular complexity index is 363. The van der Waals surface area contributed by atoms with E-state index in [1.165, 1.54) is 6.07 Å². The van der Waals surface area contributed by atoms with Gasteiger partial charge in [0, 0.05) is 16.8 Å². The second-order valence-corrected chi connectivity index (χ2v) is 4.52. The largest absolute Gasteiger partial charge is 0.299 e. The molecular formula is C12H14BrFO. The van der Waals surface area contributed by atoms with Crippen molar-refractivity contribution in [2.45, 2.75) is 32.6 Å². The molecule has 0 N–H and O–H groups in total. The molecule has 0 spiro atoms. The van der Waals surface area contributed by atoms with Crippen LogP contribution in [-0.2, 0) is 4.79 Å². The highest BCUT2D eigenvalue weighted by Gasteiger charge is 2.17. The summed E-state index contributed by atoms with van der Waals surface area (Å²) in [6, 6.07) is 4.69. The Hall–Kier alpha value is -0.700. The number of halogens is 2. The Morgan fingerprint density at radius 1 is 1.53 bits per heavy atom. The summed E-state index contributed by atoms with van der Waals surface area (Å²) in [6.07, 6.45) is 1.31. The van der Waals surface area contributed by atoms with E-state index in [1.54, 1.807) is 19.1 Å². The van der Waals surface area contributed by atoms with Crippen molar-refractivity contribution in [3.05, 3.63) is 34.1 Å². The summed E-state index contributed by atoms with van der Waals surface area (Å²) >= 11 is 3.27. The van der Waals surface area contributed by atoms with Crippen LogP contribution >= 0.6 is 15.9 Å². The summed E-state index contributed by atoms with van der Waals surface area (Å²) in [5.41, 5.74) is 0.475. The van der Waals surface area contributed by atoms with Crippen molar-refractivity contribution < 1.29 is 9.18 Å². The van der Waals surface area contributed by atoms with Crippen LogP contribution in [0.4, 0.5) is 4.39 Å². The molecule has 0 bridgehead atoms. The lowest BCUT2D eigenvalue weighted by Gasteiger charge is -2.11. The zero-order chi connectivity index (χ0) is 11.4. The lowest BCUT2D eigenvalue weighted by atomic mass is 9.94. The third-order valence-corrected chi connectivity index (χ3v) is 2.90. The molecule has 0 amide bonds. The fraction of sp³-hybridized carbons (Fsp3) is 0.417. The molecule has 3 heteroatoms. The van der Waals surface area contributed by atoms with Crippen LogP contribution in [0, 0.1) is 5.82 Å². The zero-order valence-corrected chi connectivity index (χ0v) is 10.5. The van der Waals surface area contributed by atoms with Gasteiger partial charge in [-0.25, -0.2) is 4.39 Å². The van der Waals surface area contributed by atoms with Gasteiger partial charge in [0.05, 0.1) is 0 Å². The Morgan fingerprint density at radius 3 is 2.80 bits per heavy atom. The Balaban J connectivity index is 2.94. The molecule has 0 aliphatic rings. The Morgan fingerprint density at radius 2 is 2.20 bits per heavy atom. The van der Waals surface area contributed by atoms with Crippen molar-refractivity contribution >= 4 is 21.7 Å². The first-order valence-corrected chi connectivity index (χ1v) is 5.83. The van der Waals surface area contributed by atoms with E-state index in [0.717, 1.165) is 10.9 Å². The normalized spacial score (nSPS) is 12.5. The molecular weight excluding hydrogens is 259 g/mol. The Labute approximate surface area is 97.8 Å². The van der Waals surface area contributed by atoms with E-state index < -0.39 is 0 Å². The molecule has 1 unspecified atom stereocenters. The standard InChI is InChI=1S/C12H14BrFO/c1-3-4-12(15)8(2)10-7-9(13)5-6-11(10)14/h5-8H,3-4H2,1-2H3. The molecule has 0 radical (unpaired) electrons. The maximum absolute atomic E-state index is 13.4. The van der Waals surface area contributed by atoms with Crippen molar-refractivity contribution in [2.75, 3.05) is 0 Å². The van der Waals surface area contributed by atoms with Crippen LogP contribution in [0.1, 0.15) is 38.2 Å². The number of benzene rings is 1.